The van der Waals surface area contributed by atoms with E-state index >= 15 is 0 Å². The lowest BCUT2D eigenvalue weighted by Crippen LogP contribution is -2.49. The standard InChI is InChI=1S/C14H18N2O5/c1-3-10-8-21-9(2)7-15(10)12-6-4-5-11(14(17)18)13(12)16(19)20/h4-6,9-10H,3,7-8H2,1-2H3,(H,17,18). The van der Waals surface area contributed by atoms with Crippen LogP contribution in [0.25, 0.3) is 0 Å². The topological polar surface area (TPSA) is 92.9 Å². The minimum absolute atomic E-state index is 0.00365. The van der Waals surface area contributed by atoms with Gasteiger partial charge in [-0.3, -0.25) is 10.1 Å². The predicted molar refractivity (Wildman–Crippen MR) is 76.9 cm³/mol. The first-order valence-electron chi connectivity index (χ1n) is 6.84. The third-order valence-corrected chi connectivity index (χ3v) is 3.68. The van der Waals surface area contributed by atoms with Crippen molar-refractivity contribution < 1.29 is 19.6 Å². The van der Waals surface area contributed by atoms with Crippen LogP contribution in [0.3, 0.4) is 0 Å². The Hall–Kier alpha value is -2.15. The minimum atomic E-state index is -1.29. The Morgan fingerprint density at radius 2 is 2.29 bits per heavy atom. The van der Waals surface area contributed by atoms with Gasteiger partial charge in [-0.1, -0.05) is 13.0 Å². The van der Waals surface area contributed by atoms with Gasteiger partial charge >= 0.3 is 11.7 Å². The molecule has 7 heteroatoms. The maximum absolute atomic E-state index is 11.4. The van der Waals surface area contributed by atoms with E-state index in [4.69, 9.17) is 9.84 Å². The molecule has 1 aromatic rings. The van der Waals surface area contributed by atoms with Crippen LogP contribution in [0.1, 0.15) is 30.6 Å². The quantitative estimate of drug-likeness (QED) is 0.676. The van der Waals surface area contributed by atoms with E-state index in [2.05, 4.69) is 0 Å². The Morgan fingerprint density at radius 1 is 1.57 bits per heavy atom. The molecule has 21 heavy (non-hydrogen) atoms. The third-order valence-electron chi connectivity index (χ3n) is 3.68. The second-order valence-electron chi connectivity index (χ2n) is 5.09. The summed E-state index contributed by atoms with van der Waals surface area (Å²) in [5.74, 6) is -1.29. The number of aromatic carboxylic acids is 1. The highest BCUT2D eigenvalue weighted by Gasteiger charge is 2.33. The summed E-state index contributed by atoms with van der Waals surface area (Å²) in [4.78, 5) is 23.8. The van der Waals surface area contributed by atoms with E-state index < -0.39 is 10.9 Å². The van der Waals surface area contributed by atoms with Gasteiger partial charge in [-0.15, -0.1) is 0 Å². The van der Waals surface area contributed by atoms with Crippen molar-refractivity contribution in [3.8, 4) is 0 Å². The molecule has 0 amide bonds. The Morgan fingerprint density at radius 3 is 2.86 bits per heavy atom. The Bertz CT molecular complexity index is 560. The van der Waals surface area contributed by atoms with E-state index in [1.54, 1.807) is 12.1 Å². The molecule has 1 heterocycles. The zero-order valence-corrected chi connectivity index (χ0v) is 12.0. The van der Waals surface area contributed by atoms with Gasteiger partial charge in [0.15, 0.2) is 0 Å². The third kappa shape index (κ3) is 2.97. The lowest BCUT2D eigenvalue weighted by atomic mass is 10.1. The highest BCUT2D eigenvalue weighted by Crippen LogP contribution is 2.35. The summed E-state index contributed by atoms with van der Waals surface area (Å²) in [5.41, 5.74) is -0.286. The van der Waals surface area contributed by atoms with Crippen molar-refractivity contribution in [1.82, 2.24) is 0 Å². The molecule has 7 nitrogen and oxygen atoms in total. The van der Waals surface area contributed by atoms with Crippen LogP contribution < -0.4 is 4.90 Å². The van der Waals surface area contributed by atoms with Crippen molar-refractivity contribution in [3.63, 3.8) is 0 Å². The van der Waals surface area contributed by atoms with Gasteiger partial charge in [-0.05, 0) is 25.5 Å². The molecule has 1 aromatic carbocycles. The van der Waals surface area contributed by atoms with E-state index in [9.17, 15) is 14.9 Å². The zero-order valence-electron chi connectivity index (χ0n) is 12.0. The monoisotopic (exact) mass is 294 g/mol. The highest BCUT2D eigenvalue weighted by atomic mass is 16.6. The van der Waals surface area contributed by atoms with Crippen LogP contribution >= 0.6 is 0 Å². The minimum Gasteiger partial charge on any atom is -0.477 e. The maximum Gasteiger partial charge on any atom is 0.342 e. The number of nitrogens with zero attached hydrogens (tertiary/aromatic N) is 2. The van der Waals surface area contributed by atoms with E-state index in [0.717, 1.165) is 6.42 Å². The summed E-state index contributed by atoms with van der Waals surface area (Å²) in [5, 5.41) is 20.5. The van der Waals surface area contributed by atoms with Crippen molar-refractivity contribution in [2.24, 2.45) is 0 Å². The lowest BCUT2D eigenvalue weighted by Gasteiger charge is -2.39. The molecule has 0 bridgehead atoms. The molecule has 1 N–H and O–H groups in total. The molecule has 0 spiro atoms. The van der Waals surface area contributed by atoms with Crippen LogP contribution in [0.2, 0.25) is 0 Å². The van der Waals surface area contributed by atoms with E-state index in [1.165, 1.54) is 6.07 Å². The second-order valence-corrected chi connectivity index (χ2v) is 5.09. The molecule has 0 radical (unpaired) electrons. The summed E-state index contributed by atoms with van der Waals surface area (Å²) >= 11 is 0. The van der Waals surface area contributed by atoms with Gasteiger partial charge in [0.2, 0.25) is 0 Å². The molecule has 2 atom stereocenters. The van der Waals surface area contributed by atoms with Gasteiger partial charge in [0.05, 0.1) is 23.7 Å². The van der Waals surface area contributed by atoms with Crippen LogP contribution in [-0.4, -0.2) is 41.3 Å². The Balaban J connectivity index is 2.53. The van der Waals surface area contributed by atoms with Crippen molar-refractivity contribution in [3.05, 3.63) is 33.9 Å². The number of ether oxygens (including phenoxy) is 1. The Kier molecular flexibility index (Phi) is 4.42. The van der Waals surface area contributed by atoms with E-state index in [1.807, 2.05) is 18.7 Å². The number of hydrogen-bond acceptors (Lipinski definition) is 5. The van der Waals surface area contributed by atoms with Crippen LogP contribution in [0, 0.1) is 10.1 Å². The summed E-state index contributed by atoms with van der Waals surface area (Å²) in [6, 6.07) is 4.41. The van der Waals surface area contributed by atoms with Gasteiger partial charge in [0, 0.05) is 6.54 Å². The number of anilines is 1. The molecule has 1 aliphatic heterocycles. The van der Waals surface area contributed by atoms with Crippen LogP contribution in [0.15, 0.2) is 18.2 Å². The first-order valence-corrected chi connectivity index (χ1v) is 6.84. The van der Waals surface area contributed by atoms with Gasteiger partial charge in [-0.2, -0.15) is 0 Å². The number of morpholine rings is 1. The molecule has 0 aromatic heterocycles. The fourth-order valence-electron chi connectivity index (χ4n) is 2.60. The summed E-state index contributed by atoms with van der Waals surface area (Å²) < 4.78 is 5.58. The molecule has 0 aliphatic carbocycles. The predicted octanol–water partition coefficient (Wildman–Crippen LogP) is 2.30. The molecule has 114 valence electrons. The molecule has 1 fully saturated rings. The van der Waals surface area contributed by atoms with E-state index in [0.29, 0.717) is 18.8 Å². The molecule has 1 aliphatic rings. The average molecular weight is 294 g/mol. The summed E-state index contributed by atoms with van der Waals surface area (Å²) in [7, 11) is 0. The molecule has 1 saturated heterocycles. The summed E-state index contributed by atoms with van der Waals surface area (Å²) in [6.07, 6.45) is 0.710. The van der Waals surface area contributed by atoms with Crippen molar-refractivity contribution in [1.29, 1.82) is 0 Å². The number of carboxylic acid groups (broad SMARTS) is 1. The molecule has 0 saturated carbocycles. The fourth-order valence-corrected chi connectivity index (χ4v) is 2.60. The van der Waals surface area contributed by atoms with E-state index in [-0.39, 0.29) is 23.4 Å². The molecule has 2 rings (SSSR count). The number of carboxylic acids is 1. The second kappa shape index (κ2) is 6.09. The van der Waals surface area contributed by atoms with Crippen LogP contribution in [-0.2, 0) is 4.74 Å². The number of rotatable bonds is 4. The number of nitro groups is 1. The Labute approximate surface area is 122 Å². The van der Waals surface area contributed by atoms with Crippen molar-refractivity contribution in [2.45, 2.75) is 32.4 Å². The SMILES string of the molecule is CCC1COC(C)CN1c1cccc(C(=O)O)c1[N+](=O)[O-]. The normalized spacial score (nSPS) is 22.1. The van der Waals surface area contributed by atoms with Gasteiger partial charge in [-0.25, -0.2) is 4.79 Å². The number of hydrogen-bond donors (Lipinski definition) is 1. The number of carbonyl (C=O) groups is 1. The summed E-state index contributed by atoms with van der Waals surface area (Å²) in [6.45, 7) is 4.85. The first-order chi connectivity index (χ1) is 9.95. The van der Waals surface area contributed by atoms with Crippen LogP contribution in [0.4, 0.5) is 11.4 Å². The smallest absolute Gasteiger partial charge is 0.342 e. The highest BCUT2D eigenvalue weighted by molar-refractivity contribution is 5.95. The lowest BCUT2D eigenvalue weighted by molar-refractivity contribution is -0.384. The number of nitro benzene ring substituents is 1. The van der Waals surface area contributed by atoms with Gasteiger partial charge < -0.3 is 14.7 Å². The largest absolute Gasteiger partial charge is 0.477 e. The fraction of sp³-hybridized carbons (Fsp3) is 0.500. The number of para-hydroxylation sites is 1. The van der Waals surface area contributed by atoms with Crippen LogP contribution in [0.5, 0.6) is 0 Å². The zero-order chi connectivity index (χ0) is 15.6. The van der Waals surface area contributed by atoms with Crippen molar-refractivity contribution >= 4 is 17.3 Å². The number of benzene rings is 1. The van der Waals surface area contributed by atoms with Gasteiger partial charge in [0.25, 0.3) is 0 Å². The maximum atomic E-state index is 11.4. The first kappa shape index (κ1) is 15.2. The molecular formula is C14H18N2O5. The van der Waals surface area contributed by atoms with Gasteiger partial charge in [0.1, 0.15) is 11.3 Å². The molecular weight excluding hydrogens is 276 g/mol. The average Bonchev–Trinajstić information content (AvgIpc) is 2.46. The molecule has 2 unspecified atom stereocenters. The van der Waals surface area contributed by atoms with Crippen molar-refractivity contribution in [2.75, 3.05) is 18.1 Å².